The molecule has 7 aliphatic rings. The number of thioether (sulfide) groups is 1. The molecule has 4 aromatic carbocycles. The van der Waals surface area contributed by atoms with Crippen LogP contribution < -0.4 is 49.7 Å². The maximum atomic E-state index is 14.2. The number of hydrogen-bond donors (Lipinski definition) is 4. The third kappa shape index (κ3) is 30.3. The number of imide groups is 1. The van der Waals surface area contributed by atoms with Gasteiger partial charge in [0.05, 0.1) is 173 Å². The number of aliphatic imine (C=N–C) groups is 2. The van der Waals surface area contributed by atoms with Gasteiger partial charge in [0.2, 0.25) is 42.2 Å². The fourth-order valence-electron chi connectivity index (χ4n) is 15.8. The van der Waals surface area contributed by atoms with E-state index < -0.39 is 23.9 Å². The van der Waals surface area contributed by atoms with Crippen LogP contribution in [0.5, 0.6) is 34.5 Å². The minimum absolute atomic E-state index is 0.0114. The summed E-state index contributed by atoms with van der Waals surface area (Å²) >= 11 is 1.65. The van der Waals surface area contributed by atoms with E-state index in [1.165, 1.54) is 122 Å². The van der Waals surface area contributed by atoms with Crippen molar-refractivity contribution in [1.29, 1.82) is 0 Å². The van der Waals surface area contributed by atoms with Crippen LogP contribution in [0.4, 0.5) is 17.1 Å². The number of amides is 8. The SMILES string of the molecule is COc1cc2c(cc1OCCCOc1cc3c(cc1OC)C(=O)N1C=C(c4ccc5c(c4)OCO5)C[C@H]1C=N3)N=C[C@@H]1CC(c3ccc(NC(=O)[C@H](C)NC(=O)[C@@H](NC(=O)CCOCCOCCOCCOCCOCCOCCOCCOCCNC(=O)CCN4C(=O)CC(SCC5CCCCCCCCCCCCCCCC5)C4=O)C(C)C)cc3)=CN1C2=O. The molecule has 0 aromatic heterocycles. The van der Waals surface area contributed by atoms with Crippen molar-refractivity contribution in [3.63, 3.8) is 0 Å². The number of benzene rings is 4. The van der Waals surface area contributed by atoms with Crippen molar-refractivity contribution in [2.24, 2.45) is 21.8 Å². The van der Waals surface area contributed by atoms with Gasteiger partial charge in [0, 0.05) is 94.3 Å². The number of rotatable bonds is 49. The van der Waals surface area contributed by atoms with Gasteiger partial charge < -0.3 is 97.4 Å². The molecule has 688 valence electrons. The Morgan fingerprint density at radius 1 is 0.492 bits per heavy atom. The average molecular weight is 1770 g/mol. The smallest absolute Gasteiger partial charge is 0.260 e. The number of nitrogens with one attached hydrogen (secondary N) is 4. The summed E-state index contributed by atoms with van der Waals surface area (Å²) in [5, 5.41) is 10.8. The van der Waals surface area contributed by atoms with Gasteiger partial charge in [-0.25, -0.2) is 0 Å². The first-order chi connectivity index (χ1) is 61.5. The van der Waals surface area contributed by atoms with Gasteiger partial charge in [0.25, 0.3) is 11.8 Å². The topological polar surface area (TPSA) is 348 Å². The highest BCUT2D eigenvalue weighted by molar-refractivity contribution is 8.00. The van der Waals surface area contributed by atoms with E-state index in [-0.39, 0.29) is 118 Å². The molecule has 8 amide bonds. The standard InChI is InChI=1S/C94H129N9O22S/c1-65(2)89(100-87(105)30-35-114-37-39-116-41-43-118-45-47-120-49-50-121-48-46-119-44-42-117-40-38-115-36-31-95-86(104)29-32-101-88(106)58-85(94(101)111)126-63-67-21-18-16-14-12-10-8-6-7-9-11-13-15-17-19-22-67)91(108)98-66(3)90(107)99-72-26-23-68(24-27-72)70-51-73-59-96-77-56-83(80(112-4)54-75(77)92(109)102(73)61-70)122-33-20-34-123-84-57-78-76(55-81(84)113-5)93(110)103-62-71(52-74(103)60-97-78)69-25-28-79-82(53-69)125-64-124-79/h23-28,53-57,59-62,65-67,73-74,85,89H,6-22,29-52,58,63-64H2,1-5H3,(H,95,104)(H,98,108)(H,99,107)(H,100,105)/t66-,73-,74-,85?,89-/m0/s1. The summed E-state index contributed by atoms with van der Waals surface area (Å²) in [7, 11) is 3.02. The van der Waals surface area contributed by atoms with Crippen molar-refractivity contribution in [2.45, 2.75) is 191 Å². The molecule has 126 heavy (non-hydrogen) atoms. The van der Waals surface area contributed by atoms with E-state index >= 15 is 0 Å². The van der Waals surface area contributed by atoms with Gasteiger partial charge in [-0.2, -0.15) is 0 Å². The molecule has 0 bridgehead atoms. The van der Waals surface area contributed by atoms with Crippen LogP contribution in [0.25, 0.3) is 11.1 Å². The van der Waals surface area contributed by atoms with E-state index in [1.807, 2.05) is 42.7 Å². The third-order valence-corrected chi connectivity index (χ3v) is 24.4. The molecular formula is C94H129N9O22S. The Labute approximate surface area is 744 Å². The lowest BCUT2D eigenvalue weighted by molar-refractivity contribution is -0.138. The Bertz CT molecular complexity index is 4320. The van der Waals surface area contributed by atoms with Crippen LogP contribution in [0.1, 0.15) is 194 Å². The Kier molecular flexibility index (Phi) is 40.6. The number of carbonyl (C=O) groups excluding carboxylic acids is 8. The van der Waals surface area contributed by atoms with Crippen molar-refractivity contribution in [3.8, 4) is 34.5 Å². The monoisotopic (exact) mass is 1770 g/mol. The molecule has 32 heteroatoms. The zero-order valence-corrected chi connectivity index (χ0v) is 74.8. The van der Waals surface area contributed by atoms with E-state index in [1.54, 1.807) is 91.2 Å². The highest BCUT2D eigenvalue weighted by atomic mass is 32.2. The number of fused-ring (bicyclic) bond motifs is 5. The first-order valence-electron chi connectivity index (χ1n) is 45.1. The molecule has 11 rings (SSSR count). The van der Waals surface area contributed by atoms with Gasteiger partial charge in [0.15, 0.2) is 34.5 Å². The van der Waals surface area contributed by atoms with Crippen LogP contribution in [0.3, 0.4) is 0 Å². The Morgan fingerprint density at radius 2 is 0.960 bits per heavy atom. The van der Waals surface area contributed by atoms with Crippen molar-refractivity contribution in [1.82, 2.24) is 30.7 Å². The molecule has 0 radical (unpaired) electrons. The Morgan fingerprint density at radius 3 is 1.46 bits per heavy atom. The third-order valence-electron chi connectivity index (χ3n) is 22.9. The summed E-state index contributed by atoms with van der Waals surface area (Å²) in [6.07, 6.45) is 30.0. The number of ether oxygens (including phenoxy) is 14. The number of nitrogens with zero attached hydrogens (tertiary/aromatic N) is 5. The van der Waals surface area contributed by atoms with Crippen LogP contribution in [0, 0.1) is 11.8 Å². The summed E-state index contributed by atoms with van der Waals surface area (Å²) in [6.45, 7) is 11.9. The van der Waals surface area contributed by atoms with Crippen molar-refractivity contribution >= 4 is 99.7 Å². The first kappa shape index (κ1) is 97.1. The predicted molar refractivity (Wildman–Crippen MR) is 479 cm³/mol. The van der Waals surface area contributed by atoms with Crippen molar-refractivity contribution in [3.05, 3.63) is 101 Å². The molecule has 5 atom stereocenters. The van der Waals surface area contributed by atoms with E-state index in [0.29, 0.717) is 187 Å². The van der Waals surface area contributed by atoms with Crippen LogP contribution in [-0.2, 0) is 66.7 Å². The Hall–Kier alpha value is -9.51. The zero-order chi connectivity index (χ0) is 88.6. The molecule has 4 aromatic rings. The van der Waals surface area contributed by atoms with Crippen molar-refractivity contribution < 1.29 is 105 Å². The quantitative estimate of drug-likeness (QED) is 0.0236. The number of carbonyl (C=O) groups is 8. The minimum Gasteiger partial charge on any atom is -0.493 e. The van der Waals surface area contributed by atoms with Gasteiger partial charge in [0.1, 0.15) is 12.1 Å². The van der Waals surface area contributed by atoms with E-state index in [9.17, 15) is 38.4 Å². The number of likely N-dealkylation sites (tertiary alicyclic amines) is 1. The molecular weight excluding hydrogens is 1640 g/mol. The van der Waals surface area contributed by atoms with Gasteiger partial charge in [-0.05, 0) is 96.0 Å². The summed E-state index contributed by atoms with van der Waals surface area (Å²) in [5.74, 6) is 1.77. The molecule has 4 N–H and O–H groups in total. The molecule has 2 fully saturated rings. The van der Waals surface area contributed by atoms with Gasteiger partial charge in [-0.1, -0.05) is 122 Å². The molecule has 31 nitrogen and oxygen atoms in total. The van der Waals surface area contributed by atoms with E-state index in [0.717, 1.165) is 28.0 Å². The Balaban J connectivity index is 0.463. The van der Waals surface area contributed by atoms with Crippen LogP contribution in [0.2, 0.25) is 0 Å². The molecule has 1 aliphatic carbocycles. The van der Waals surface area contributed by atoms with Gasteiger partial charge in [-0.15, -0.1) is 11.8 Å². The summed E-state index contributed by atoms with van der Waals surface area (Å²) in [6, 6.07) is 17.2. The maximum Gasteiger partial charge on any atom is 0.260 e. The lowest BCUT2D eigenvalue weighted by atomic mass is 9.96. The molecule has 1 saturated heterocycles. The van der Waals surface area contributed by atoms with Crippen LogP contribution in [-0.4, -0.2) is 263 Å². The highest BCUT2D eigenvalue weighted by Crippen LogP contribution is 2.44. The largest absolute Gasteiger partial charge is 0.493 e. The first-order valence-corrected chi connectivity index (χ1v) is 46.2. The highest BCUT2D eigenvalue weighted by Gasteiger charge is 2.40. The summed E-state index contributed by atoms with van der Waals surface area (Å²) in [4.78, 5) is 121. The average Bonchev–Trinajstić information content (AvgIpc) is 1.63. The molecule has 6 aliphatic heterocycles. The molecule has 1 unspecified atom stereocenters. The van der Waals surface area contributed by atoms with E-state index in [2.05, 4.69) is 21.3 Å². The second kappa shape index (κ2) is 52.7. The minimum atomic E-state index is -0.946. The van der Waals surface area contributed by atoms with Crippen LogP contribution in [0.15, 0.2) is 89.1 Å². The number of hydrogen-bond acceptors (Lipinski definition) is 25. The number of anilines is 1. The van der Waals surface area contributed by atoms with Crippen LogP contribution >= 0.6 is 11.8 Å². The second-order valence-electron chi connectivity index (χ2n) is 32.6. The van der Waals surface area contributed by atoms with Gasteiger partial charge >= 0.3 is 0 Å². The second-order valence-corrected chi connectivity index (χ2v) is 33.9. The van der Waals surface area contributed by atoms with Gasteiger partial charge in [-0.3, -0.25) is 53.2 Å². The molecule has 0 spiro atoms. The summed E-state index contributed by atoms with van der Waals surface area (Å²) in [5.41, 5.74) is 5.77. The fourth-order valence-corrected chi connectivity index (χ4v) is 17.1. The zero-order valence-electron chi connectivity index (χ0n) is 73.9. The predicted octanol–water partition coefficient (Wildman–Crippen LogP) is 12.6. The molecule has 6 heterocycles. The summed E-state index contributed by atoms with van der Waals surface area (Å²) < 4.78 is 79.5. The normalized spacial score (nSPS) is 18.5. The molecule has 1 saturated carbocycles. The lowest BCUT2D eigenvalue weighted by Gasteiger charge is -2.24. The maximum absolute atomic E-state index is 14.2. The fraction of sp³-hybridized carbons (Fsp3) is 0.596. The van der Waals surface area contributed by atoms with Crippen molar-refractivity contribution in [2.75, 3.05) is 164 Å². The number of methoxy groups -OCH3 is 2. The lowest BCUT2D eigenvalue weighted by Crippen LogP contribution is -2.53. The van der Waals surface area contributed by atoms with E-state index in [4.69, 9.17) is 76.3 Å².